The van der Waals surface area contributed by atoms with Gasteiger partial charge in [0.15, 0.2) is 0 Å². The first-order valence-electron chi connectivity index (χ1n) is 11.8. The molecule has 13 heteroatoms. The van der Waals surface area contributed by atoms with Crippen molar-refractivity contribution < 1.29 is 34.2 Å². The number of hydrogen-bond acceptors (Lipinski definition) is 8. The zero-order chi connectivity index (χ0) is 28.1. The van der Waals surface area contributed by atoms with Crippen molar-refractivity contribution in [3.05, 3.63) is 29.8 Å². The molecule has 0 aromatic heterocycles. The van der Waals surface area contributed by atoms with E-state index in [-0.39, 0.29) is 24.5 Å². The molecule has 0 fully saturated rings. The van der Waals surface area contributed by atoms with E-state index in [0.717, 1.165) is 0 Å². The van der Waals surface area contributed by atoms with Gasteiger partial charge in [0.2, 0.25) is 23.6 Å². The van der Waals surface area contributed by atoms with Crippen LogP contribution in [-0.2, 0) is 30.4 Å². The first-order chi connectivity index (χ1) is 17.3. The first-order valence-corrected chi connectivity index (χ1v) is 13.2. The van der Waals surface area contributed by atoms with Gasteiger partial charge in [-0.15, -0.1) is 0 Å². The quantitative estimate of drug-likeness (QED) is 0.144. The maximum atomic E-state index is 13.2. The summed E-state index contributed by atoms with van der Waals surface area (Å²) in [6.45, 7) is 3.73. The van der Waals surface area contributed by atoms with E-state index in [0.29, 0.717) is 17.7 Å². The second-order valence-corrected chi connectivity index (χ2v) is 10.1. The first kappa shape index (κ1) is 31.7. The lowest BCUT2D eigenvalue weighted by molar-refractivity contribution is -0.143. The second-order valence-electron chi connectivity index (χ2n) is 9.08. The van der Waals surface area contributed by atoms with Crippen molar-refractivity contribution in [2.75, 3.05) is 12.0 Å². The molecular formula is C24H37N5O7S. The zero-order valence-electron chi connectivity index (χ0n) is 21.2. The van der Waals surface area contributed by atoms with Crippen molar-refractivity contribution >= 4 is 41.4 Å². The number of phenolic OH excluding ortho intramolecular Hbond substituents is 1. The zero-order valence-corrected chi connectivity index (χ0v) is 22.0. The molecule has 0 bridgehead atoms. The Morgan fingerprint density at radius 1 is 0.919 bits per heavy atom. The van der Waals surface area contributed by atoms with Crippen LogP contribution in [0, 0.1) is 5.92 Å². The molecule has 0 radical (unpaired) electrons. The van der Waals surface area contributed by atoms with Crippen molar-refractivity contribution in [3.8, 4) is 5.75 Å². The summed E-state index contributed by atoms with van der Waals surface area (Å²) in [6, 6.07) is 1.22. The number of rotatable bonds is 16. The van der Waals surface area contributed by atoms with E-state index in [9.17, 15) is 34.2 Å². The molecule has 0 heterocycles. The van der Waals surface area contributed by atoms with Gasteiger partial charge in [-0.3, -0.25) is 19.2 Å². The molecule has 4 unspecified atom stereocenters. The fraction of sp³-hybridized carbons (Fsp3) is 0.542. The van der Waals surface area contributed by atoms with Crippen LogP contribution in [0.2, 0.25) is 0 Å². The molecule has 4 amide bonds. The van der Waals surface area contributed by atoms with Crippen LogP contribution in [-0.4, -0.2) is 76.0 Å². The Morgan fingerprint density at radius 2 is 1.46 bits per heavy atom. The topological polar surface area (TPSA) is 214 Å². The van der Waals surface area contributed by atoms with Gasteiger partial charge >= 0.3 is 5.97 Å². The summed E-state index contributed by atoms with van der Waals surface area (Å²) in [6.07, 6.45) is 1.87. The molecular weight excluding hydrogens is 502 g/mol. The van der Waals surface area contributed by atoms with Crippen LogP contribution in [0.15, 0.2) is 24.3 Å². The summed E-state index contributed by atoms with van der Waals surface area (Å²) in [5.41, 5.74) is 11.6. The number of benzene rings is 1. The molecule has 1 aromatic rings. The summed E-state index contributed by atoms with van der Waals surface area (Å²) in [5, 5.41) is 26.4. The number of carbonyl (C=O) groups is 5. The van der Waals surface area contributed by atoms with Crippen molar-refractivity contribution in [1.29, 1.82) is 0 Å². The maximum absolute atomic E-state index is 13.2. The van der Waals surface area contributed by atoms with Crippen LogP contribution in [0.1, 0.15) is 38.7 Å². The highest BCUT2D eigenvalue weighted by Crippen LogP contribution is 2.13. The average Bonchev–Trinajstić information content (AvgIpc) is 2.81. The van der Waals surface area contributed by atoms with E-state index in [1.54, 1.807) is 0 Å². The van der Waals surface area contributed by atoms with Crippen LogP contribution >= 0.6 is 11.8 Å². The monoisotopic (exact) mass is 539 g/mol. The van der Waals surface area contributed by atoms with Crippen LogP contribution in [0.5, 0.6) is 5.75 Å². The normalized spacial score (nSPS) is 14.2. The molecule has 0 aliphatic carbocycles. The molecule has 9 N–H and O–H groups in total. The van der Waals surface area contributed by atoms with Gasteiger partial charge in [-0.2, -0.15) is 11.8 Å². The highest BCUT2D eigenvalue weighted by molar-refractivity contribution is 7.98. The summed E-state index contributed by atoms with van der Waals surface area (Å²) in [5.74, 6) is -3.73. The largest absolute Gasteiger partial charge is 0.508 e. The lowest BCUT2D eigenvalue weighted by Crippen LogP contribution is -2.58. The molecule has 1 aromatic carbocycles. The van der Waals surface area contributed by atoms with Gasteiger partial charge in [0.25, 0.3) is 0 Å². The number of phenols is 1. The minimum atomic E-state index is -1.59. The number of nitrogens with one attached hydrogen (secondary N) is 3. The lowest BCUT2D eigenvalue weighted by Gasteiger charge is -2.26. The van der Waals surface area contributed by atoms with Gasteiger partial charge < -0.3 is 37.6 Å². The van der Waals surface area contributed by atoms with Crippen molar-refractivity contribution in [3.63, 3.8) is 0 Å². The molecule has 0 aliphatic heterocycles. The molecule has 0 saturated heterocycles. The molecule has 0 aliphatic rings. The number of primary amides is 1. The van der Waals surface area contributed by atoms with Crippen molar-refractivity contribution in [2.24, 2.45) is 17.4 Å². The number of nitrogens with two attached hydrogens (primary N) is 2. The maximum Gasteiger partial charge on any atom is 0.326 e. The van der Waals surface area contributed by atoms with Crippen LogP contribution in [0.25, 0.3) is 0 Å². The highest BCUT2D eigenvalue weighted by atomic mass is 32.2. The standard InChI is InChI=1S/C24H37N5O7S/c1-13(2)10-17(27-21(32)16(25)8-9-37-3)22(33)28-18(11-14-4-6-15(30)7-5-14)23(34)29-19(24(35)36)12-20(26)31/h4-7,13,16-19,30H,8-12,25H2,1-3H3,(H2,26,31)(H,27,32)(H,28,33)(H,29,34)(H,35,36). The number of carboxylic acid groups (broad SMARTS) is 1. The van der Waals surface area contributed by atoms with Gasteiger partial charge in [0, 0.05) is 6.42 Å². The Bertz CT molecular complexity index is 942. The van der Waals surface area contributed by atoms with E-state index >= 15 is 0 Å². The van der Waals surface area contributed by atoms with E-state index in [1.165, 1.54) is 36.0 Å². The number of aromatic hydroxyl groups is 1. The van der Waals surface area contributed by atoms with Crippen LogP contribution < -0.4 is 27.4 Å². The Labute approximate surface area is 220 Å². The third-order valence-electron chi connectivity index (χ3n) is 5.34. The summed E-state index contributed by atoms with van der Waals surface area (Å²) >= 11 is 1.54. The number of thioether (sulfide) groups is 1. The Balaban J connectivity index is 3.14. The fourth-order valence-corrected chi connectivity index (χ4v) is 3.87. The fourth-order valence-electron chi connectivity index (χ4n) is 3.38. The summed E-state index contributed by atoms with van der Waals surface area (Å²) in [4.78, 5) is 61.6. The molecule has 12 nitrogen and oxygen atoms in total. The average molecular weight is 540 g/mol. The predicted molar refractivity (Wildman–Crippen MR) is 139 cm³/mol. The van der Waals surface area contributed by atoms with E-state index in [4.69, 9.17) is 11.5 Å². The Morgan fingerprint density at radius 3 is 1.97 bits per heavy atom. The molecule has 37 heavy (non-hydrogen) atoms. The van der Waals surface area contributed by atoms with E-state index < -0.39 is 60.2 Å². The van der Waals surface area contributed by atoms with E-state index in [1.807, 2.05) is 20.1 Å². The molecule has 1 rings (SSSR count). The Kier molecular flexibility index (Phi) is 13.5. The van der Waals surface area contributed by atoms with Crippen LogP contribution in [0.3, 0.4) is 0 Å². The minimum absolute atomic E-state index is 0.00120. The molecule has 0 saturated carbocycles. The predicted octanol–water partition coefficient (Wildman–Crippen LogP) is -0.524. The third-order valence-corrected chi connectivity index (χ3v) is 5.98. The van der Waals surface area contributed by atoms with Gasteiger partial charge in [-0.25, -0.2) is 4.79 Å². The highest BCUT2D eigenvalue weighted by Gasteiger charge is 2.31. The second kappa shape index (κ2) is 15.7. The summed E-state index contributed by atoms with van der Waals surface area (Å²) in [7, 11) is 0. The SMILES string of the molecule is CSCCC(N)C(=O)NC(CC(C)C)C(=O)NC(Cc1ccc(O)cc1)C(=O)NC(CC(N)=O)C(=O)O. The minimum Gasteiger partial charge on any atom is -0.508 e. The number of amides is 4. The van der Waals surface area contributed by atoms with Gasteiger partial charge in [-0.1, -0.05) is 26.0 Å². The van der Waals surface area contributed by atoms with E-state index in [2.05, 4.69) is 16.0 Å². The molecule has 206 valence electrons. The van der Waals surface area contributed by atoms with Crippen molar-refractivity contribution in [1.82, 2.24) is 16.0 Å². The third kappa shape index (κ3) is 12.0. The number of aliphatic carboxylic acids is 1. The number of carboxylic acids is 1. The van der Waals surface area contributed by atoms with Gasteiger partial charge in [-0.05, 0) is 48.5 Å². The number of carbonyl (C=O) groups excluding carboxylic acids is 4. The molecule has 0 spiro atoms. The lowest BCUT2D eigenvalue weighted by atomic mass is 10.00. The van der Waals surface area contributed by atoms with Crippen molar-refractivity contribution in [2.45, 2.75) is 63.7 Å². The van der Waals surface area contributed by atoms with Gasteiger partial charge in [0.1, 0.15) is 23.9 Å². The Hall–Kier alpha value is -3.32. The molecule has 4 atom stereocenters. The smallest absolute Gasteiger partial charge is 0.326 e. The van der Waals surface area contributed by atoms with Crippen LogP contribution in [0.4, 0.5) is 0 Å². The van der Waals surface area contributed by atoms with Gasteiger partial charge in [0.05, 0.1) is 12.5 Å². The summed E-state index contributed by atoms with van der Waals surface area (Å²) < 4.78 is 0. The number of hydrogen-bond donors (Lipinski definition) is 7.